The monoisotopic (exact) mass is 353 g/mol. The third kappa shape index (κ3) is 5.70. The molecular formula is C21H27N3O2. The lowest BCUT2D eigenvalue weighted by Gasteiger charge is -2.23. The lowest BCUT2D eigenvalue weighted by molar-refractivity contribution is -0.131. The summed E-state index contributed by atoms with van der Waals surface area (Å²) in [6, 6.07) is 16.9. The molecule has 0 spiro atoms. The van der Waals surface area contributed by atoms with Crippen LogP contribution in [-0.4, -0.2) is 48.3 Å². The molecule has 0 radical (unpaired) electrons. The zero-order valence-corrected chi connectivity index (χ0v) is 15.7. The molecule has 0 bridgehead atoms. The summed E-state index contributed by atoms with van der Waals surface area (Å²) >= 11 is 0. The van der Waals surface area contributed by atoms with E-state index >= 15 is 0 Å². The molecule has 2 aromatic carbocycles. The van der Waals surface area contributed by atoms with Crippen LogP contribution in [-0.2, 0) is 11.3 Å². The van der Waals surface area contributed by atoms with Crippen molar-refractivity contribution in [3.63, 3.8) is 0 Å². The van der Waals surface area contributed by atoms with Crippen LogP contribution in [0.5, 0.6) is 0 Å². The maximum absolute atomic E-state index is 12.4. The second-order valence-electron chi connectivity index (χ2n) is 6.26. The third-order valence-corrected chi connectivity index (χ3v) is 4.19. The zero-order valence-electron chi connectivity index (χ0n) is 15.7. The minimum atomic E-state index is -0.139. The Kier molecular flexibility index (Phi) is 7.36. The molecule has 138 valence electrons. The van der Waals surface area contributed by atoms with Gasteiger partial charge >= 0.3 is 0 Å². The fourth-order valence-electron chi connectivity index (χ4n) is 2.81. The van der Waals surface area contributed by atoms with Gasteiger partial charge in [0.15, 0.2) is 0 Å². The summed E-state index contributed by atoms with van der Waals surface area (Å²) in [5.41, 5.74) is 2.38. The number of nitrogens with zero attached hydrogens (tertiary/aromatic N) is 2. The van der Waals surface area contributed by atoms with E-state index in [1.165, 1.54) is 0 Å². The van der Waals surface area contributed by atoms with Crippen LogP contribution in [0.1, 0.15) is 29.8 Å². The second-order valence-corrected chi connectivity index (χ2v) is 6.26. The molecule has 0 aliphatic rings. The molecule has 1 N–H and O–H groups in total. The predicted octanol–water partition coefficient (Wildman–Crippen LogP) is 3.24. The lowest BCUT2D eigenvalue weighted by atomic mass is 10.1. The summed E-state index contributed by atoms with van der Waals surface area (Å²) < 4.78 is 0. The van der Waals surface area contributed by atoms with Crippen molar-refractivity contribution in [3.8, 4) is 0 Å². The average Bonchev–Trinajstić information content (AvgIpc) is 2.63. The zero-order chi connectivity index (χ0) is 18.9. The highest BCUT2D eigenvalue weighted by molar-refractivity contribution is 6.04. The molecule has 5 nitrogen and oxygen atoms in total. The van der Waals surface area contributed by atoms with Gasteiger partial charge in [0.05, 0.1) is 6.54 Å². The predicted molar refractivity (Wildman–Crippen MR) is 105 cm³/mol. The van der Waals surface area contributed by atoms with Crippen molar-refractivity contribution in [2.24, 2.45) is 0 Å². The number of anilines is 1. The van der Waals surface area contributed by atoms with Gasteiger partial charge in [-0.25, -0.2) is 0 Å². The number of benzene rings is 2. The van der Waals surface area contributed by atoms with Crippen molar-refractivity contribution < 1.29 is 9.59 Å². The Balaban J connectivity index is 1.98. The van der Waals surface area contributed by atoms with Gasteiger partial charge in [-0.2, -0.15) is 0 Å². The number of carbonyl (C=O) groups is 2. The van der Waals surface area contributed by atoms with Gasteiger partial charge in [-0.15, -0.1) is 0 Å². The Morgan fingerprint density at radius 1 is 0.962 bits per heavy atom. The molecule has 0 aromatic heterocycles. The minimum absolute atomic E-state index is 0.121. The van der Waals surface area contributed by atoms with Gasteiger partial charge in [0.1, 0.15) is 0 Å². The van der Waals surface area contributed by atoms with Crippen LogP contribution >= 0.6 is 0 Å². The van der Waals surface area contributed by atoms with Gasteiger partial charge < -0.3 is 10.2 Å². The highest BCUT2D eigenvalue weighted by atomic mass is 16.2. The Morgan fingerprint density at radius 2 is 1.65 bits per heavy atom. The first-order chi connectivity index (χ1) is 12.5. The number of nitrogens with one attached hydrogen (secondary N) is 1. The van der Waals surface area contributed by atoms with Crippen molar-refractivity contribution in [1.29, 1.82) is 0 Å². The first kappa shape index (κ1) is 19.7. The number of hydrogen-bond acceptors (Lipinski definition) is 3. The first-order valence-electron chi connectivity index (χ1n) is 8.95. The molecule has 0 atom stereocenters. The molecule has 0 saturated carbocycles. The molecule has 5 heteroatoms. The standard InChI is InChI=1S/C21H27N3O2/c1-4-24(5-2)20(25)16-23(3)15-17-10-9-11-18(14-17)21(26)22-19-12-7-6-8-13-19/h6-14H,4-5,15-16H2,1-3H3,(H,22,26). The topological polar surface area (TPSA) is 52.7 Å². The molecule has 0 saturated heterocycles. The van der Waals surface area contributed by atoms with Crippen LogP contribution in [0, 0.1) is 0 Å². The number of hydrogen-bond donors (Lipinski definition) is 1. The third-order valence-electron chi connectivity index (χ3n) is 4.19. The van der Waals surface area contributed by atoms with Gasteiger partial charge in [-0.1, -0.05) is 30.3 Å². The van der Waals surface area contributed by atoms with E-state index in [-0.39, 0.29) is 11.8 Å². The van der Waals surface area contributed by atoms with Crippen LogP contribution in [0.25, 0.3) is 0 Å². The summed E-state index contributed by atoms with van der Waals surface area (Å²) in [4.78, 5) is 28.4. The van der Waals surface area contributed by atoms with Gasteiger partial charge in [0.2, 0.25) is 5.91 Å². The van der Waals surface area contributed by atoms with Crippen molar-refractivity contribution >= 4 is 17.5 Å². The normalized spacial score (nSPS) is 10.6. The fraction of sp³-hybridized carbons (Fsp3) is 0.333. The second kappa shape index (κ2) is 9.73. The molecule has 0 heterocycles. The molecule has 0 fully saturated rings. The van der Waals surface area contributed by atoms with Crippen molar-refractivity contribution in [2.75, 3.05) is 32.0 Å². The highest BCUT2D eigenvalue weighted by Gasteiger charge is 2.13. The molecule has 2 rings (SSSR count). The number of likely N-dealkylation sites (N-methyl/N-ethyl adjacent to an activating group) is 2. The summed E-state index contributed by atoms with van der Waals surface area (Å²) in [6.45, 7) is 6.38. The maximum atomic E-state index is 12.4. The van der Waals surface area contributed by atoms with E-state index in [2.05, 4.69) is 5.32 Å². The van der Waals surface area contributed by atoms with Crippen LogP contribution < -0.4 is 5.32 Å². The first-order valence-corrected chi connectivity index (χ1v) is 8.95. The van der Waals surface area contributed by atoms with Crippen LogP contribution in [0.2, 0.25) is 0 Å². The van der Waals surface area contributed by atoms with Crippen molar-refractivity contribution in [3.05, 3.63) is 65.7 Å². The average molecular weight is 353 g/mol. The molecule has 0 unspecified atom stereocenters. The Hall–Kier alpha value is -2.66. The van der Waals surface area contributed by atoms with Gasteiger partial charge in [0, 0.05) is 30.9 Å². The van der Waals surface area contributed by atoms with E-state index < -0.39 is 0 Å². The quantitative estimate of drug-likeness (QED) is 0.793. The van der Waals surface area contributed by atoms with Gasteiger partial charge in [-0.3, -0.25) is 14.5 Å². The van der Waals surface area contributed by atoms with E-state index in [1.807, 2.05) is 79.2 Å². The van der Waals surface area contributed by atoms with Gasteiger partial charge in [-0.05, 0) is 50.7 Å². The Morgan fingerprint density at radius 3 is 2.31 bits per heavy atom. The van der Waals surface area contributed by atoms with E-state index in [4.69, 9.17) is 0 Å². The largest absolute Gasteiger partial charge is 0.342 e. The van der Waals surface area contributed by atoms with E-state index in [1.54, 1.807) is 6.07 Å². The van der Waals surface area contributed by atoms with Crippen LogP contribution in [0.3, 0.4) is 0 Å². The minimum Gasteiger partial charge on any atom is -0.342 e. The highest BCUT2D eigenvalue weighted by Crippen LogP contribution is 2.12. The molecule has 2 aromatic rings. The number of para-hydroxylation sites is 1. The molecule has 26 heavy (non-hydrogen) atoms. The molecule has 0 aliphatic carbocycles. The van der Waals surface area contributed by atoms with E-state index in [0.29, 0.717) is 18.7 Å². The van der Waals surface area contributed by atoms with Gasteiger partial charge in [0.25, 0.3) is 5.91 Å². The number of amides is 2. The van der Waals surface area contributed by atoms with Crippen LogP contribution in [0.15, 0.2) is 54.6 Å². The summed E-state index contributed by atoms with van der Waals surface area (Å²) in [6.07, 6.45) is 0. The maximum Gasteiger partial charge on any atom is 0.255 e. The molecular weight excluding hydrogens is 326 g/mol. The van der Waals surface area contributed by atoms with Crippen molar-refractivity contribution in [2.45, 2.75) is 20.4 Å². The summed E-state index contributed by atoms with van der Waals surface area (Å²) in [5.74, 6) is -0.0182. The Labute approximate surface area is 155 Å². The molecule has 2 amide bonds. The lowest BCUT2D eigenvalue weighted by Crippen LogP contribution is -2.38. The van der Waals surface area contributed by atoms with E-state index in [9.17, 15) is 9.59 Å². The molecule has 0 aliphatic heterocycles. The Bertz CT molecular complexity index is 727. The number of carbonyl (C=O) groups excluding carboxylic acids is 2. The SMILES string of the molecule is CCN(CC)C(=O)CN(C)Cc1cccc(C(=O)Nc2ccccc2)c1. The van der Waals surface area contributed by atoms with Crippen LogP contribution in [0.4, 0.5) is 5.69 Å². The number of rotatable bonds is 8. The fourth-order valence-corrected chi connectivity index (χ4v) is 2.81. The summed E-state index contributed by atoms with van der Waals surface area (Å²) in [5, 5.41) is 2.89. The smallest absolute Gasteiger partial charge is 0.255 e. The summed E-state index contributed by atoms with van der Waals surface area (Å²) in [7, 11) is 1.91. The van der Waals surface area contributed by atoms with E-state index in [0.717, 1.165) is 24.3 Å². The van der Waals surface area contributed by atoms with Crippen molar-refractivity contribution in [1.82, 2.24) is 9.80 Å².